The van der Waals surface area contributed by atoms with Crippen molar-refractivity contribution in [2.45, 2.75) is 26.4 Å². The maximum Gasteiger partial charge on any atom is 0.338 e. The Morgan fingerprint density at radius 1 is 1.35 bits per heavy atom. The zero-order valence-corrected chi connectivity index (χ0v) is 11.6. The first kappa shape index (κ1) is 15.6. The summed E-state index contributed by atoms with van der Waals surface area (Å²) in [6, 6.07) is 3.90. The van der Waals surface area contributed by atoms with Crippen LogP contribution in [0.25, 0.3) is 0 Å². The van der Waals surface area contributed by atoms with E-state index in [-0.39, 0.29) is 17.1 Å². The summed E-state index contributed by atoms with van der Waals surface area (Å²) < 4.78 is 18.9. The Morgan fingerprint density at radius 2 is 2.00 bits per heavy atom. The van der Waals surface area contributed by atoms with E-state index < -0.39 is 17.4 Å². The lowest BCUT2D eigenvalue weighted by Crippen LogP contribution is -2.24. The largest absolute Gasteiger partial charge is 0.456 e. The standard InChI is InChI=1S/C13H17FN4O2/c1-13(2,3)20-11(19)8-4-5-9(10(14)6-8)7-17-18-12(15)16/h4-7H,1-3H3,(H4,15,16,18). The third-order valence-corrected chi connectivity index (χ3v) is 2.01. The molecule has 0 bridgehead atoms. The van der Waals surface area contributed by atoms with Crippen LogP contribution in [0.1, 0.15) is 36.7 Å². The quantitative estimate of drug-likeness (QED) is 0.378. The molecule has 1 aromatic rings. The van der Waals surface area contributed by atoms with E-state index in [4.69, 9.17) is 16.2 Å². The number of halogens is 1. The summed E-state index contributed by atoms with van der Waals surface area (Å²) >= 11 is 0. The van der Waals surface area contributed by atoms with Crippen molar-refractivity contribution in [1.82, 2.24) is 0 Å². The van der Waals surface area contributed by atoms with E-state index >= 15 is 0 Å². The zero-order chi connectivity index (χ0) is 15.3. The first-order chi connectivity index (χ1) is 9.19. The summed E-state index contributed by atoms with van der Waals surface area (Å²) in [5, 5.41) is 6.84. The van der Waals surface area contributed by atoms with Gasteiger partial charge in [0.25, 0.3) is 0 Å². The van der Waals surface area contributed by atoms with Gasteiger partial charge in [0.2, 0.25) is 5.96 Å². The molecule has 0 amide bonds. The van der Waals surface area contributed by atoms with Crippen molar-refractivity contribution in [3.8, 4) is 0 Å². The molecule has 20 heavy (non-hydrogen) atoms. The van der Waals surface area contributed by atoms with Crippen molar-refractivity contribution >= 4 is 18.1 Å². The summed E-state index contributed by atoms with van der Waals surface area (Å²) in [5.41, 5.74) is 9.79. The van der Waals surface area contributed by atoms with Gasteiger partial charge in [-0.3, -0.25) is 0 Å². The summed E-state index contributed by atoms with van der Waals surface area (Å²) in [5.74, 6) is -1.45. The Kier molecular flexibility index (Phi) is 4.79. The highest BCUT2D eigenvalue weighted by Crippen LogP contribution is 2.14. The molecule has 108 valence electrons. The van der Waals surface area contributed by atoms with Crippen molar-refractivity contribution in [2.75, 3.05) is 0 Å². The number of rotatable bonds is 3. The van der Waals surface area contributed by atoms with Gasteiger partial charge >= 0.3 is 5.97 Å². The molecule has 0 aliphatic heterocycles. The molecule has 0 spiro atoms. The lowest BCUT2D eigenvalue weighted by Gasteiger charge is -2.19. The smallest absolute Gasteiger partial charge is 0.338 e. The number of carbonyl (C=O) groups excluding carboxylic acids is 1. The van der Waals surface area contributed by atoms with Crippen molar-refractivity contribution in [2.24, 2.45) is 21.7 Å². The van der Waals surface area contributed by atoms with Crippen LogP contribution in [-0.2, 0) is 4.74 Å². The van der Waals surface area contributed by atoms with Crippen molar-refractivity contribution < 1.29 is 13.9 Å². The molecule has 0 unspecified atom stereocenters. The average Bonchev–Trinajstić information content (AvgIpc) is 2.28. The van der Waals surface area contributed by atoms with Gasteiger partial charge in [0.05, 0.1) is 11.8 Å². The van der Waals surface area contributed by atoms with Gasteiger partial charge in [-0.25, -0.2) is 9.18 Å². The van der Waals surface area contributed by atoms with Crippen LogP contribution >= 0.6 is 0 Å². The van der Waals surface area contributed by atoms with Gasteiger partial charge in [-0.15, -0.1) is 5.10 Å². The third-order valence-electron chi connectivity index (χ3n) is 2.01. The van der Waals surface area contributed by atoms with Crippen LogP contribution in [0.4, 0.5) is 4.39 Å². The van der Waals surface area contributed by atoms with Crippen molar-refractivity contribution in [3.63, 3.8) is 0 Å². The van der Waals surface area contributed by atoms with Gasteiger partial charge in [0.15, 0.2) is 0 Å². The summed E-state index contributed by atoms with van der Waals surface area (Å²) in [6.45, 7) is 5.20. The first-order valence-corrected chi connectivity index (χ1v) is 5.84. The molecule has 0 heterocycles. The maximum atomic E-state index is 13.8. The molecule has 1 aromatic carbocycles. The highest BCUT2D eigenvalue weighted by atomic mass is 19.1. The summed E-state index contributed by atoms with van der Waals surface area (Å²) in [4.78, 5) is 11.7. The molecule has 0 aromatic heterocycles. The monoisotopic (exact) mass is 280 g/mol. The number of ether oxygens (including phenoxy) is 1. The fraction of sp³-hybridized carbons (Fsp3) is 0.308. The lowest BCUT2D eigenvalue weighted by molar-refractivity contribution is 0.00690. The van der Waals surface area contributed by atoms with Crippen LogP contribution in [0, 0.1) is 5.82 Å². The number of benzene rings is 1. The molecular weight excluding hydrogens is 263 g/mol. The number of hydrogen-bond acceptors (Lipinski definition) is 4. The van der Waals surface area contributed by atoms with Crippen LogP contribution in [-0.4, -0.2) is 23.7 Å². The molecule has 0 fully saturated rings. The van der Waals surface area contributed by atoms with E-state index in [1.165, 1.54) is 12.1 Å². The Balaban J connectivity index is 2.91. The normalized spacial score (nSPS) is 11.4. The Morgan fingerprint density at radius 3 is 2.50 bits per heavy atom. The average molecular weight is 280 g/mol. The van der Waals surface area contributed by atoms with Gasteiger partial charge in [-0.1, -0.05) is 0 Å². The predicted octanol–water partition coefficient (Wildman–Crippen LogP) is 1.39. The molecule has 4 N–H and O–H groups in total. The number of guanidine groups is 1. The van der Waals surface area contributed by atoms with Crippen LogP contribution in [0.15, 0.2) is 28.4 Å². The summed E-state index contributed by atoms with van der Waals surface area (Å²) in [6.07, 6.45) is 1.15. The SMILES string of the molecule is CC(C)(C)OC(=O)c1ccc(C=NN=C(N)N)c(F)c1. The minimum Gasteiger partial charge on any atom is -0.456 e. The highest BCUT2D eigenvalue weighted by molar-refractivity contribution is 5.91. The zero-order valence-electron chi connectivity index (χ0n) is 11.6. The van der Waals surface area contributed by atoms with E-state index in [1.807, 2.05) is 0 Å². The Bertz CT molecular complexity index is 558. The topological polar surface area (TPSA) is 103 Å². The van der Waals surface area contributed by atoms with Crippen LogP contribution in [0.3, 0.4) is 0 Å². The molecule has 0 aliphatic carbocycles. The minimum atomic E-state index is -0.638. The predicted molar refractivity (Wildman–Crippen MR) is 75.0 cm³/mol. The number of hydrogen-bond donors (Lipinski definition) is 2. The molecule has 0 aliphatic rings. The Hall–Kier alpha value is -2.44. The number of nitrogens with two attached hydrogens (primary N) is 2. The molecule has 0 atom stereocenters. The van der Waals surface area contributed by atoms with Crippen molar-refractivity contribution in [3.05, 3.63) is 35.1 Å². The van der Waals surface area contributed by atoms with Crippen molar-refractivity contribution in [1.29, 1.82) is 0 Å². The lowest BCUT2D eigenvalue weighted by atomic mass is 10.1. The fourth-order valence-electron chi connectivity index (χ4n) is 1.25. The fourth-order valence-corrected chi connectivity index (χ4v) is 1.25. The summed E-state index contributed by atoms with van der Waals surface area (Å²) in [7, 11) is 0. The van der Waals surface area contributed by atoms with E-state index in [9.17, 15) is 9.18 Å². The highest BCUT2D eigenvalue weighted by Gasteiger charge is 2.18. The first-order valence-electron chi connectivity index (χ1n) is 5.84. The van der Waals surface area contributed by atoms with Crippen LogP contribution in [0.5, 0.6) is 0 Å². The molecule has 0 saturated carbocycles. The molecule has 7 heteroatoms. The maximum absolute atomic E-state index is 13.8. The molecular formula is C13H17FN4O2. The van der Waals surface area contributed by atoms with E-state index in [0.29, 0.717) is 0 Å². The second-order valence-corrected chi connectivity index (χ2v) is 5.01. The number of nitrogens with zero attached hydrogens (tertiary/aromatic N) is 2. The Labute approximate surface area is 116 Å². The molecule has 0 saturated heterocycles. The van der Waals surface area contributed by atoms with E-state index in [2.05, 4.69) is 10.2 Å². The van der Waals surface area contributed by atoms with Gasteiger partial charge in [0.1, 0.15) is 11.4 Å². The van der Waals surface area contributed by atoms with E-state index in [0.717, 1.165) is 12.3 Å². The van der Waals surface area contributed by atoms with Crippen LogP contribution in [0.2, 0.25) is 0 Å². The van der Waals surface area contributed by atoms with E-state index in [1.54, 1.807) is 20.8 Å². The van der Waals surface area contributed by atoms with Gasteiger partial charge in [-0.2, -0.15) is 5.10 Å². The minimum absolute atomic E-state index is 0.122. The molecule has 1 rings (SSSR count). The number of carbonyl (C=O) groups is 1. The number of esters is 1. The van der Waals surface area contributed by atoms with Gasteiger partial charge in [-0.05, 0) is 39.0 Å². The molecule has 0 radical (unpaired) electrons. The molecule has 6 nitrogen and oxygen atoms in total. The third kappa shape index (κ3) is 5.05. The van der Waals surface area contributed by atoms with Gasteiger partial charge < -0.3 is 16.2 Å². The van der Waals surface area contributed by atoms with Crippen LogP contribution < -0.4 is 11.5 Å². The second-order valence-electron chi connectivity index (χ2n) is 5.01. The van der Waals surface area contributed by atoms with Gasteiger partial charge in [0, 0.05) is 5.56 Å². The second kappa shape index (κ2) is 6.14.